The van der Waals surface area contributed by atoms with Gasteiger partial charge in [0.05, 0.1) is 31.2 Å². The summed E-state index contributed by atoms with van der Waals surface area (Å²) in [5.74, 6) is -0.477. The van der Waals surface area contributed by atoms with Crippen LogP contribution in [-0.4, -0.2) is 42.9 Å². The largest absolute Gasteiger partial charge is 0.497 e. The molecule has 2 aromatic rings. The number of nitrogens with zero attached hydrogens (tertiary/aromatic N) is 1. The van der Waals surface area contributed by atoms with E-state index in [1.807, 2.05) is 0 Å². The van der Waals surface area contributed by atoms with E-state index in [1.165, 1.54) is 0 Å². The van der Waals surface area contributed by atoms with E-state index in [2.05, 4.69) is 0 Å². The summed E-state index contributed by atoms with van der Waals surface area (Å²) in [6, 6.07) is 13.8. The van der Waals surface area contributed by atoms with E-state index < -0.39 is 5.97 Å². The molecule has 128 valence electrons. The lowest BCUT2D eigenvalue weighted by atomic mass is 10.1. The summed E-state index contributed by atoms with van der Waals surface area (Å²) in [6.07, 6.45) is 0.0965. The first-order valence-electron chi connectivity index (χ1n) is 7.84. The molecule has 0 radical (unpaired) electrons. The highest BCUT2D eigenvalue weighted by atomic mass is 16.5. The number of amides is 2. The highest BCUT2D eigenvalue weighted by Crippen LogP contribution is 2.22. The number of rotatable bonds is 6. The second-order valence-corrected chi connectivity index (χ2v) is 5.56. The predicted octanol–water partition coefficient (Wildman–Crippen LogP) is 2.08. The maximum Gasteiger partial charge on any atom is 0.310 e. The van der Waals surface area contributed by atoms with Gasteiger partial charge in [-0.3, -0.25) is 19.3 Å². The molecule has 6 nitrogen and oxygen atoms in total. The van der Waals surface area contributed by atoms with E-state index in [9.17, 15) is 14.4 Å². The van der Waals surface area contributed by atoms with Gasteiger partial charge < -0.3 is 9.47 Å². The number of hydrogen-bond acceptors (Lipinski definition) is 5. The molecule has 0 aromatic heterocycles. The van der Waals surface area contributed by atoms with Crippen molar-refractivity contribution < 1.29 is 23.9 Å². The molecule has 0 atom stereocenters. The molecule has 0 bridgehead atoms. The Morgan fingerprint density at radius 2 is 1.68 bits per heavy atom. The van der Waals surface area contributed by atoms with Crippen LogP contribution in [0.25, 0.3) is 0 Å². The lowest BCUT2D eigenvalue weighted by Gasteiger charge is -2.13. The molecule has 0 aliphatic carbocycles. The van der Waals surface area contributed by atoms with Crippen molar-refractivity contribution >= 4 is 17.8 Å². The maximum atomic E-state index is 12.2. The van der Waals surface area contributed by atoms with E-state index in [0.29, 0.717) is 16.9 Å². The molecular weight excluding hydrogens is 322 g/mol. The third kappa shape index (κ3) is 3.52. The van der Waals surface area contributed by atoms with Crippen LogP contribution in [0.1, 0.15) is 26.3 Å². The van der Waals surface area contributed by atoms with Crippen LogP contribution in [0, 0.1) is 0 Å². The number of fused-ring (bicyclic) bond motifs is 1. The second kappa shape index (κ2) is 7.17. The van der Waals surface area contributed by atoms with E-state index in [0.717, 1.165) is 10.5 Å². The first kappa shape index (κ1) is 16.7. The van der Waals surface area contributed by atoms with Crippen molar-refractivity contribution in [1.82, 2.24) is 4.90 Å². The lowest BCUT2D eigenvalue weighted by molar-refractivity contribution is -0.143. The van der Waals surface area contributed by atoms with Gasteiger partial charge in [0.2, 0.25) is 0 Å². The Kier molecular flexibility index (Phi) is 4.79. The molecule has 1 aliphatic heterocycles. The van der Waals surface area contributed by atoms with Crippen LogP contribution in [0.5, 0.6) is 5.75 Å². The van der Waals surface area contributed by atoms with Crippen molar-refractivity contribution in [1.29, 1.82) is 0 Å². The first-order chi connectivity index (χ1) is 12.1. The van der Waals surface area contributed by atoms with E-state index in [4.69, 9.17) is 9.47 Å². The number of hydrogen-bond donors (Lipinski definition) is 0. The van der Waals surface area contributed by atoms with Crippen molar-refractivity contribution in [2.45, 2.75) is 6.42 Å². The maximum absolute atomic E-state index is 12.2. The van der Waals surface area contributed by atoms with Gasteiger partial charge in [0.15, 0.2) is 0 Å². The molecule has 0 unspecified atom stereocenters. The third-order valence-electron chi connectivity index (χ3n) is 3.94. The molecule has 2 amide bonds. The number of ether oxygens (including phenoxy) is 2. The van der Waals surface area contributed by atoms with Gasteiger partial charge in [-0.15, -0.1) is 0 Å². The van der Waals surface area contributed by atoms with Crippen molar-refractivity contribution in [3.05, 3.63) is 65.2 Å². The summed E-state index contributed by atoms with van der Waals surface area (Å²) < 4.78 is 10.3. The Balaban J connectivity index is 1.52. The standard InChI is InChI=1S/C19H17NO5/c1-24-14-6-4-5-13(11-14)12-17(21)25-10-9-20-18(22)15-7-2-3-8-16(15)19(20)23/h2-8,11H,9-10,12H2,1H3. The highest BCUT2D eigenvalue weighted by Gasteiger charge is 2.34. The minimum atomic E-state index is -0.426. The van der Waals surface area contributed by atoms with Crippen LogP contribution in [0.3, 0.4) is 0 Å². The van der Waals surface area contributed by atoms with Gasteiger partial charge in [-0.2, -0.15) is 0 Å². The molecule has 0 spiro atoms. The van der Waals surface area contributed by atoms with Crippen LogP contribution in [-0.2, 0) is 16.0 Å². The normalized spacial score (nSPS) is 12.9. The second-order valence-electron chi connectivity index (χ2n) is 5.56. The average Bonchev–Trinajstić information content (AvgIpc) is 2.87. The summed E-state index contributed by atoms with van der Waals surface area (Å²) in [5.41, 5.74) is 1.54. The SMILES string of the molecule is COc1cccc(CC(=O)OCCN2C(=O)c3ccccc3C2=O)c1. The Labute approximate surface area is 145 Å². The quantitative estimate of drug-likeness (QED) is 0.595. The number of benzene rings is 2. The highest BCUT2D eigenvalue weighted by molar-refractivity contribution is 6.21. The van der Waals surface area contributed by atoms with Crippen molar-refractivity contribution in [2.75, 3.05) is 20.3 Å². The molecule has 0 saturated heterocycles. The molecule has 6 heteroatoms. The van der Waals surface area contributed by atoms with E-state index >= 15 is 0 Å². The summed E-state index contributed by atoms with van der Waals surface area (Å²) in [7, 11) is 1.56. The summed E-state index contributed by atoms with van der Waals surface area (Å²) >= 11 is 0. The van der Waals surface area contributed by atoms with Gasteiger partial charge in [0, 0.05) is 0 Å². The third-order valence-corrected chi connectivity index (χ3v) is 3.94. The molecule has 0 saturated carbocycles. The molecule has 25 heavy (non-hydrogen) atoms. The molecule has 1 heterocycles. The molecule has 3 rings (SSSR count). The van der Waals surface area contributed by atoms with E-state index in [1.54, 1.807) is 55.6 Å². The predicted molar refractivity (Wildman–Crippen MR) is 89.5 cm³/mol. The van der Waals surface area contributed by atoms with Crippen LogP contribution in [0.4, 0.5) is 0 Å². The molecule has 0 N–H and O–H groups in total. The number of carbonyl (C=O) groups excluding carboxylic acids is 3. The van der Waals surface area contributed by atoms with Crippen molar-refractivity contribution in [2.24, 2.45) is 0 Å². The van der Waals surface area contributed by atoms with Gasteiger partial charge in [-0.05, 0) is 29.8 Å². The summed E-state index contributed by atoms with van der Waals surface area (Å²) in [4.78, 5) is 37.4. The van der Waals surface area contributed by atoms with Crippen LogP contribution >= 0.6 is 0 Å². The molecule has 2 aromatic carbocycles. The molecule has 1 aliphatic rings. The Morgan fingerprint density at radius 1 is 1.00 bits per heavy atom. The van der Waals surface area contributed by atoms with E-state index in [-0.39, 0.29) is 31.4 Å². The lowest BCUT2D eigenvalue weighted by Crippen LogP contribution is -2.33. The summed E-state index contributed by atoms with van der Waals surface area (Å²) in [5, 5.41) is 0. The number of methoxy groups -OCH3 is 1. The summed E-state index contributed by atoms with van der Waals surface area (Å²) in [6.45, 7) is 0.00443. The smallest absolute Gasteiger partial charge is 0.310 e. The van der Waals surface area contributed by atoms with Gasteiger partial charge >= 0.3 is 5.97 Å². The fraction of sp³-hybridized carbons (Fsp3) is 0.211. The molecular formula is C19H17NO5. The Morgan fingerprint density at radius 3 is 2.32 bits per heavy atom. The van der Waals surface area contributed by atoms with Gasteiger partial charge in [-0.1, -0.05) is 24.3 Å². The average molecular weight is 339 g/mol. The Bertz CT molecular complexity index is 795. The number of carbonyl (C=O) groups is 3. The van der Waals surface area contributed by atoms with Crippen LogP contribution < -0.4 is 4.74 Å². The van der Waals surface area contributed by atoms with Crippen LogP contribution in [0.2, 0.25) is 0 Å². The monoisotopic (exact) mass is 339 g/mol. The van der Waals surface area contributed by atoms with Crippen LogP contribution in [0.15, 0.2) is 48.5 Å². The zero-order chi connectivity index (χ0) is 17.8. The van der Waals surface area contributed by atoms with Gasteiger partial charge in [0.1, 0.15) is 12.4 Å². The fourth-order valence-corrected chi connectivity index (χ4v) is 2.69. The Hall–Kier alpha value is -3.15. The van der Waals surface area contributed by atoms with Crippen molar-refractivity contribution in [3.8, 4) is 5.75 Å². The molecule has 0 fully saturated rings. The number of imide groups is 1. The fourth-order valence-electron chi connectivity index (χ4n) is 2.69. The zero-order valence-electron chi connectivity index (χ0n) is 13.7. The zero-order valence-corrected chi connectivity index (χ0v) is 13.7. The number of esters is 1. The van der Waals surface area contributed by atoms with Gasteiger partial charge in [0.25, 0.3) is 11.8 Å². The topological polar surface area (TPSA) is 72.9 Å². The first-order valence-corrected chi connectivity index (χ1v) is 7.84. The van der Waals surface area contributed by atoms with Crippen molar-refractivity contribution in [3.63, 3.8) is 0 Å². The minimum Gasteiger partial charge on any atom is -0.497 e. The minimum absolute atomic E-state index is 0.0335. The van der Waals surface area contributed by atoms with Gasteiger partial charge in [-0.25, -0.2) is 0 Å².